The third kappa shape index (κ3) is 1.22. The van der Waals surface area contributed by atoms with Crippen LogP contribution >= 0.6 is 0 Å². The van der Waals surface area contributed by atoms with E-state index in [1.54, 1.807) is 0 Å². The van der Waals surface area contributed by atoms with Crippen molar-refractivity contribution in [2.24, 2.45) is 23.0 Å². The molecule has 1 aliphatic rings. The van der Waals surface area contributed by atoms with E-state index < -0.39 is 11.4 Å². The summed E-state index contributed by atoms with van der Waals surface area (Å²) in [7, 11) is 0. The summed E-state index contributed by atoms with van der Waals surface area (Å²) in [4.78, 5) is 11.1. The Morgan fingerprint density at radius 3 is 2.25 bits per heavy atom. The lowest BCUT2D eigenvalue weighted by Crippen LogP contribution is -2.45. The van der Waals surface area contributed by atoms with Gasteiger partial charge in [0, 0.05) is 6.54 Å². The quantitative estimate of drug-likeness (QED) is 0.665. The summed E-state index contributed by atoms with van der Waals surface area (Å²) in [5, 5.41) is 9.12. The molecule has 1 unspecified atom stereocenters. The lowest BCUT2D eigenvalue weighted by Gasteiger charge is -2.31. The molecule has 0 bridgehead atoms. The van der Waals surface area contributed by atoms with Gasteiger partial charge in [-0.1, -0.05) is 13.8 Å². The topological polar surface area (TPSA) is 63.3 Å². The van der Waals surface area contributed by atoms with Crippen molar-refractivity contribution in [3.63, 3.8) is 0 Å². The molecule has 0 aromatic carbocycles. The zero-order valence-electron chi connectivity index (χ0n) is 7.71. The standard InChI is InChI=1S/C9H17NO2/c1-6(2)9(5-10,8(11)12)7-3-4-7/h6-7H,3-5,10H2,1-2H3,(H,11,12). The van der Waals surface area contributed by atoms with E-state index in [9.17, 15) is 4.79 Å². The average Bonchev–Trinajstić information content (AvgIpc) is 2.72. The molecule has 70 valence electrons. The predicted octanol–water partition coefficient (Wildman–Crippen LogP) is 1.08. The van der Waals surface area contributed by atoms with Crippen molar-refractivity contribution >= 4 is 5.97 Å². The normalized spacial score (nSPS) is 22.3. The molecule has 3 heteroatoms. The molecule has 3 nitrogen and oxygen atoms in total. The van der Waals surface area contributed by atoms with Crippen molar-refractivity contribution < 1.29 is 9.90 Å². The van der Waals surface area contributed by atoms with Crippen molar-refractivity contribution in [2.45, 2.75) is 26.7 Å². The Morgan fingerprint density at radius 1 is 1.67 bits per heavy atom. The summed E-state index contributed by atoms with van der Waals surface area (Å²) < 4.78 is 0. The summed E-state index contributed by atoms with van der Waals surface area (Å²) in [6.45, 7) is 4.16. The monoisotopic (exact) mass is 171 g/mol. The highest BCUT2D eigenvalue weighted by Gasteiger charge is 2.52. The minimum Gasteiger partial charge on any atom is -0.481 e. The molecule has 1 atom stereocenters. The van der Waals surface area contributed by atoms with Crippen LogP contribution in [0.15, 0.2) is 0 Å². The minimum atomic E-state index is -0.720. The molecule has 1 fully saturated rings. The van der Waals surface area contributed by atoms with E-state index in [-0.39, 0.29) is 12.5 Å². The number of rotatable bonds is 4. The highest BCUT2D eigenvalue weighted by Crippen LogP contribution is 2.49. The molecule has 0 amide bonds. The maximum Gasteiger partial charge on any atom is 0.311 e. The summed E-state index contributed by atoms with van der Waals surface area (Å²) in [6.07, 6.45) is 2.06. The summed E-state index contributed by atoms with van der Waals surface area (Å²) in [5.74, 6) is -0.269. The molecule has 1 aliphatic carbocycles. The lowest BCUT2D eigenvalue weighted by molar-refractivity contribution is -0.152. The Labute approximate surface area is 72.9 Å². The van der Waals surface area contributed by atoms with Gasteiger partial charge >= 0.3 is 5.97 Å². The number of hydrogen-bond acceptors (Lipinski definition) is 2. The second-order valence-electron chi connectivity index (χ2n) is 3.98. The van der Waals surface area contributed by atoms with Gasteiger partial charge in [-0.05, 0) is 24.7 Å². The summed E-state index contributed by atoms with van der Waals surface area (Å²) >= 11 is 0. The van der Waals surface area contributed by atoms with Gasteiger partial charge in [0.1, 0.15) is 0 Å². The van der Waals surface area contributed by atoms with Crippen LogP contribution in [0.4, 0.5) is 0 Å². The number of aliphatic carboxylic acids is 1. The number of hydrogen-bond donors (Lipinski definition) is 2. The van der Waals surface area contributed by atoms with Crippen LogP contribution in [0.1, 0.15) is 26.7 Å². The fourth-order valence-electron chi connectivity index (χ4n) is 1.98. The van der Waals surface area contributed by atoms with Gasteiger partial charge in [-0.3, -0.25) is 4.79 Å². The summed E-state index contributed by atoms with van der Waals surface area (Å²) in [6, 6.07) is 0. The second kappa shape index (κ2) is 3.05. The van der Waals surface area contributed by atoms with Crippen LogP contribution < -0.4 is 5.73 Å². The highest BCUT2D eigenvalue weighted by molar-refractivity contribution is 5.76. The molecule has 1 rings (SSSR count). The van der Waals surface area contributed by atoms with Gasteiger partial charge in [0.25, 0.3) is 0 Å². The Bertz CT molecular complexity index is 183. The van der Waals surface area contributed by atoms with Crippen molar-refractivity contribution in [1.82, 2.24) is 0 Å². The predicted molar refractivity (Wildman–Crippen MR) is 46.7 cm³/mol. The Morgan fingerprint density at radius 2 is 2.17 bits per heavy atom. The molecule has 0 aromatic rings. The lowest BCUT2D eigenvalue weighted by atomic mass is 9.73. The zero-order valence-corrected chi connectivity index (χ0v) is 7.71. The van der Waals surface area contributed by atoms with Gasteiger partial charge in [0.2, 0.25) is 0 Å². The van der Waals surface area contributed by atoms with Gasteiger partial charge < -0.3 is 10.8 Å². The average molecular weight is 171 g/mol. The van der Waals surface area contributed by atoms with Crippen LogP contribution in [0.25, 0.3) is 0 Å². The van der Waals surface area contributed by atoms with Crippen LogP contribution in [0.5, 0.6) is 0 Å². The number of carboxylic acid groups (broad SMARTS) is 1. The Hall–Kier alpha value is -0.570. The van der Waals surface area contributed by atoms with Gasteiger partial charge in [-0.25, -0.2) is 0 Å². The molecule has 12 heavy (non-hydrogen) atoms. The van der Waals surface area contributed by atoms with E-state index in [1.165, 1.54) is 0 Å². The molecular formula is C9H17NO2. The van der Waals surface area contributed by atoms with E-state index >= 15 is 0 Å². The van der Waals surface area contributed by atoms with Gasteiger partial charge in [-0.15, -0.1) is 0 Å². The maximum atomic E-state index is 11.1. The number of nitrogens with two attached hydrogens (primary N) is 1. The van der Waals surface area contributed by atoms with E-state index in [1.807, 2.05) is 13.8 Å². The molecule has 0 heterocycles. The van der Waals surface area contributed by atoms with E-state index in [0.717, 1.165) is 12.8 Å². The summed E-state index contributed by atoms with van der Waals surface area (Å²) in [5.41, 5.74) is 4.92. The maximum absolute atomic E-state index is 11.1. The van der Waals surface area contributed by atoms with Crippen LogP contribution in [-0.2, 0) is 4.79 Å². The van der Waals surface area contributed by atoms with Gasteiger partial charge in [-0.2, -0.15) is 0 Å². The first-order valence-corrected chi connectivity index (χ1v) is 4.49. The molecular weight excluding hydrogens is 154 g/mol. The molecule has 0 aromatic heterocycles. The molecule has 0 spiro atoms. The van der Waals surface area contributed by atoms with Gasteiger partial charge in [0.15, 0.2) is 0 Å². The third-order valence-corrected chi connectivity index (χ3v) is 3.07. The van der Waals surface area contributed by atoms with Crippen molar-refractivity contribution in [2.75, 3.05) is 6.54 Å². The van der Waals surface area contributed by atoms with Crippen LogP contribution in [0.3, 0.4) is 0 Å². The van der Waals surface area contributed by atoms with E-state index in [2.05, 4.69) is 0 Å². The van der Waals surface area contributed by atoms with Gasteiger partial charge in [0.05, 0.1) is 5.41 Å². The highest BCUT2D eigenvalue weighted by atomic mass is 16.4. The number of carbonyl (C=O) groups is 1. The minimum absolute atomic E-state index is 0.132. The number of carboxylic acids is 1. The molecule has 3 N–H and O–H groups in total. The SMILES string of the molecule is CC(C)C(CN)(C(=O)O)C1CC1. The molecule has 0 saturated heterocycles. The Kier molecular flexibility index (Phi) is 2.42. The first-order valence-electron chi connectivity index (χ1n) is 4.49. The van der Waals surface area contributed by atoms with E-state index in [0.29, 0.717) is 5.92 Å². The molecule has 0 aliphatic heterocycles. The molecule has 0 radical (unpaired) electrons. The van der Waals surface area contributed by atoms with Crippen LogP contribution in [-0.4, -0.2) is 17.6 Å². The smallest absolute Gasteiger partial charge is 0.311 e. The van der Waals surface area contributed by atoms with Crippen LogP contribution in [0.2, 0.25) is 0 Å². The fraction of sp³-hybridized carbons (Fsp3) is 0.889. The Balaban J connectivity index is 2.86. The van der Waals surface area contributed by atoms with Crippen molar-refractivity contribution in [3.05, 3.63) is 0 Å². The molecule has 1 saturated carbocycles. The fourth-order valence-corrected chi connectivity index (χ4v) is 1.98. The van der Waals surface area contributed by atoms with E-state index in [4.69, 9.17) is 10.8 Å². The van der Waals surface area contributed by atoms with Crippen molar-refractivity contribution in [3.8, 4) is 0 Å². The zero-order chi connectivity index (χ0) is 9.35. The first-order chi connectivity index (χ1) is 5.55. The first kappa shape index (κ1) is 9.52. The van der Waals surface area contributed by atoms with Crippen LogP contribution in [0, 0.1) is 17.3 Å². The second-order valence-corrected chi connectivity index (χ2v) is 3.98. The third-order valence-electron chi connectivity index (χ3n) is 3.07. The van der Waals surface area contributed by atoms with Crippen molar-refractivity contribution in [1.29, 1.82) is 0 Å². The largest absolute Gasteiger partial charge is 0.481 e.